The number of nitrogens with one attached hydrogen (secondary N) is 1. The lowest BCUT2D eigenvalue weighted by molar-refractivity contribution is 0.0642. The van der Waals surface area contributed by atoms with Crippen molar-refractivity contribution in [3.05, 3.63) is 94.7 Å². The second-order valence-electron chi connectivity index (χ2n) is 14.6. The summed E-state index contributed by atoms with van der Waals surface area (Å²) in [5.41, 5.74) is 1.75. The van der Waals surface area contributed by atoms with E-state index in [1.807, 2.05) is 60.4 Å². The van der Waals surface area contributed by atoms with Crippen molar-refractivity contribution in [1.29, 1.82) is 0 Å². The quantitative estimate of drug-likeness (QED) is 0.130. The molecule has 0 radical (unpaired) electrons. The minimum Gasteiger partial charge on any atom is -0.491 e. The Labute approximate surface area is 272 Å². The third-order valence-corrected chi connectivity index (χ3v) is 13.9. The molecular weight excluding hydrogens is 605 g/mol. The second kappa shape index (κ2) is 13.1. The van der Waals surface area contributed by atoms with Crippen molar-refractivity contribution in [2.45, 2.75) is 90.5 Å². The molecule has 248 valence electrons. The van der Waals surface area contributed by atoms with Gasteiger partial charge < -0.3 is 18.9 Å². The van der Waals surface area contributed by atoms with Crippen LogP contribution in [0.2, 0.25) is 18.1 Å². The van der Waals surface area contributed by atoms with Gasteiger partial charge in [0.25, 0.3) is 0 Å². The largest absolute Gasteiger partial charge is 0.491 e. The van der Waals surface area contributed by atoms with Crippen LogP contribution in [-0.2, 0) is 17.5 Å². The molecule has 1 aliphatic heterocycles. The Kier molecular flexibility index (Phi) is 9.69. The van der Waals surface area contributed by atoms with Crippen LogP contribution in [0, 0.1) is 11.6 Å². The average molecular weight is 653 g/mol. The minimum atomic E-state index is -1.83. The summed E-state index contributed by atoms with van der Waals surface area (Å²) in [6, 6.07) is 16.7. The number of rotatable bonds is 11. The average Bonchev–Trinajstić information content (AvgIpc) is 3.33. The Morgan fingerprint density at radius 3 is 2.17 bits per heavy atom. The maximum atomic E-state index is 16.0. The van der Waals surface area contributed by atoms with E-state index < -0.39 is 31.7 Å². The summed E-state index contributed by atoms with van der Waals surface area (Å²) < 4.78 is 64.8. The highest BCUT2D eigenvalue weighted by Crippen LogP contribution is 2.44. The van der Waals surface area contributed by atoms with Gasteiger partial charge in [0.1, 0.15) is 42.0 Å². The summed E-state index contributed by atoms with van der Waals surface area (Å²) in [4.78, 5) is 5.27. The Morgan fingerprint density at radius 2 is 1.54 bits per heavy atom. The number of aromatic amines is 1. The van der Waals surface area contributed by atoms with Gasteiger partial charge >= 0.3 is 0 Å². The zero-order chi connectivity index (χ0) is 33.4. The van der Waals surface area contributed by atoms with Crippen LogP contribution in [0.25, 0.3) is 10.9 Å². The fourth-order valence-electron chi connectivity index (χ4n) is 5.93. The van der Waals surface area contributed by atoms with Crippen molar-refractivity contribution in [3.63, 3.8) is 0 Å². The molecule has 0 saturated carbocycles. The van der Waals surface area contributed by atoms with Gasteiger partial charge in [0.05, 0.1) is 12.6 Å². The van der Waals surface area contributed by atoms with Crippen molar-refractivity contribution in [3.8, 4) is 11.5 Å². The van der Waals surface area contributed by atoms with Gasteiger partial charge in [0.2, 0.25) is 0 Å². The van der Waals surface area contributed by atoms with Crippen molar-refractivity contribution >= 4 is 19.2 Å². The monoisotopic (exact) mass is 652 g/mol. The fraction of sp³-hybridized carbons (Fsp3) is 0.459. The number of para-hydroxylation sites is 1. The summed E-state index contributed by atoms with van der Waals surface area (Å²) in [5.74, 6) is -0.670. The molecule has 0 saturated heterocycles. The topological polar surface area (TPSA) is 46.7 Å². The maximum Gasteiger partial charge on any atom is 0.192 e. The van der Waals surface area contributed by atoms with Crippen molar-refractivity contribution in [2.75, 3.05) is 19.8 Å². The lowest BCUT2D eigenvalue weighted by atomic mass is 9.87. The Morgan fingerprint density at radius 1 is 0.891 bits per heavy atom. The smallest absolute Gasteiger partial charge is 0.192 e. The lowest BCUT2D eigenvalue weighted by Gasteiger charge is -2.43. The van der Waals surface area contributed by atoms with Gasteiger partial charge in [0.15, 0.2) is 8.32 Å². The summed E-state index contributed by atoms with van der Waals surface area (Å²) in [7, 11) is -1.83. The Balaban J connectivity index is 1.30. The van der Waals surface area contributed by atoms with Crippen LogP contribution < -0.4 is 9.47 Å². The second-order valence-corrected chi connectivity index (χ2v) is 19.4. The molecule has 0 unspecified atom stereocenters. The predicted molar refractivity (Wildman–Crippen MR) is 181 cm³/mol. The van der Waals surface area contributed by atoms with E-state index in [-0.39, 0.29) is 35.5 Å². The van der Waals surface area contributed by atoms with Gasteiger partial charge in [-0.1, -0.05) is 51.1 Å². The first-order chi connectivity index (χ1) is 21.5. The SMILES string of the molecule is C[C@@H]1Cc2c([nH]c3ccccc23)[C@@H](c2c(F)cc(OCc3ccc(OCCO[Si](C)(C)C(C)(C)C)cc3)cc2F)N1CC(C)(C)F. The normalized spacial score (nSPS) is 17.7. The van der Waals surface area contributed by atoms with E-state index in [0.29, 0.717) is 31.1 Å². The molecule has 1 aliphatic rings. The standard InChI is InChI=1S/C37H47F3N2O3Si/c1-24-19-29-28-11-9-10-12-32(28)41-34(29)35(42(24)23-37(5,6)40)33-30(38)20-27(21-31(33)39)44-22-25-13-15-26(16-14-25)43-17-18-45-46(7,8)36(2,3)4/h9-16,20-21,24,35,41H,17-19,22-23H2,1-8H3/t24-,35-/m1/s1. The number of hydrogen-bond acceptors (Lipinski definition) is 4. The maximum absolute atomic E-state index is 16.0. The van der Waals surface area contributed by atoms with Gasteiger partial charge in [-0.2, -0.15) is 0 Å². The molecule has 1 aromatic heterocycles. The molecule has 4 aromatic rings. The van der Waals surface area contributed by atoms with Gasteiger partial charge in [0, 0.05) is 46.9 Å². The van der Waals surface area contributed by atoms with Crippen LogP contribution in [0.3, 0.4) is 0 Å². The number of nitrogens with zero attached hydrogens (tertiary/aromatic N) is 1. The van der Waals surface area contributed by atoms with Crippen LogP contribution in [0.1, 0.15) is 70.0 Å². The van der Waals surface area contributed by atoms with E-state index in [0.717, 1.165) is 22.0 Å². The first-order valence-electron chi connectivity index (χ1n) is 16.1. The van der Waals surface area contributed by atoms with Crippen LogP contribution in [0.5, 0.6) is 11.5 Å². The summed E-state index contributed by atoms with van der Waals surface area (Å²) >= 11 is 0. The highest BCUT2D eigenvalue weighted by molar-refractivity contribution is 6.74. The molecule has 0 spiro atoms. The molecule has 0 fully saturated rings. The molecule has 2 heterocycles. The van der Waals surface area contributed by atoms with Crippen LogP contribution in [0.4, 0.5) is 13.2 Å². The van der Waals surface area contributed by atoms with E-state index >= 15 is 13.2 Å². The highest BCUT2D eigenvalue weighted by atomic mass is 28.4. The van der Waals surface area contributed by atoms with Crippen LogP contribution in [-0.4, -0.2) is 49.7 Å². The summed E-state index contributed by atoms with van der Waals surface area (Å²) in [6.07, 6.45) is 0.644. The zero-order valence-electron chi connectivity index (χ0n) is 28.3. The zero-order valence-corrected chi connectivity index (χ0v) is 29.3. The van der Waals surface area contributed by atoms with Gasteiger partial charge in [-0.15, -0.1) is 0 Å². The summed E-state index contributed by atoms with van der Waals surface area (Å²) in [5, 5.41) is 1.16. The lowest BCUT2D eigenvalue weighted by Crippen LogP contribution is -2.48. The molecule has 0 aliphatic carbocycles. The number of halogens is 3. The molecular formula is C37H47F3N2O3Si. The van der Waals surface area contributed by atoms with Gasteiger partial charge in [-0.25, -0.2) is 13.2 Å². The molecule has 0 amide bonds. The van der Waals surface area contributed by atoms with Crippen molar-refractivity contribution < 1.29 is 27.1 Å². The molecule has 5 rings (SSSR count). The highest BCUT2D eigenvalue weighted by Gasteiger charge is 2.41. The Bertz CT molecular complexity index is 1630. The number of fused-ring (bicyclic) bond motifs is 3. The third-order valence-electron chi connectivity index (χ3n) is 9.35. The van der Waals surface area contributed by atoms with E-state index in [9.17, 15) is 0 Å². The third kappa shape index (κ3) is 7.48. The molecule has 0 bridgehead atoms. The molecule has 5 nitrogen and oxygen atoms in total. The van der Waals surface area contributed by atoms with Crippen LogP contribution >= 0.6 is 0 Å². The van der Waals surface area contributed by atoms with Crippen molar-refractivity contribution in [2.24, 2.45) is 0 Å². The number of aromatic nitrogens is 1. The van der Waals surface area contributed by atoms with Crippen molar-refractivity contribution in [1.82, 2.24) is 9.88 Å². The number of H-pyrrole nitrogens is 1. The fourth-order valence-corrected chi connectivity index (χ4v) is 6.95. The number of ether oxygens (including phenoxy) is 2. The molecule has 1 N–H and O–H groups in total. The molecule has 3 aromatic carbocycles. The molecule has 46 heavy (non-hydrogen) atoms. The van der Waals surface area contributed by atoms with E-state index in [1.165, 1.54) is 26.0 Å². The van der Waals surface area contributed by atoms with E-state index in [2.05, 4.69) is 38.8 Å². The summed E-state index contributed by atoms with van der Waals surface area (Å²) in [6.45, 7) is 17.1. The first-order valence-corrected chi connectivity index (χ1v) is 19.0. The molecule has 9 heteroatoms. The van der Waals surface area contributed by atoms with Gasteiger partial charge in [-0.3, -0.25) is 4.90 Å². The minimum absolute atomic E-state index is 0.0220. The van der Waals surface area contributed by atoms with Gasteiger partial charge in [-0.05, 0) is 74.7 Å². The number of alkyl halides is 1. The van der Waals surface area contributed by atoms with E-state index in [4.69, 9.17) is 13.9 Å². The van der Waals surface area contributed by atoms with E-state index in [1.54, 1.807) is 0 Å². The number of hydrogen-bond donors (Lipinski definition) is 1. The predicted octanol–water partition coefficient (Wildman–Crippen LogP) is 9.51. The molecule has 2 atom stereocenters. The van der Waals surface area contributed by atoms with Crippen LogP contribution in [0.15, 0.2) is 60.7 Å². The first kappa shape index (κ1) is 34.1. The number of benzene rings is 3. The Hall–Kier alpha value is -3.27.